The summed E-state index contributed by atoms with van der Waals surface area (Å²) in [5, 5.41) is 0. The summed E-state index contributed by atoms with van der Waals surface area (Å²) in [6.07, 6.45) is 2.18. The number of imidazole rings is 1. The second-order valence-corrected chi connectivity index (χ2v) is 5.47. The maximum atomic E-state index is 11.8. The molecule has 5 nitrogen and oxygen atoms in total. The summed E-state index contributed by atoms with van der Waals surface area (Å²) in [5.74, 6) is 0.990. The molecule has 3 aromatic rings. The van der Waals surface area contributed by atoms with Crippen LogP contribution in [0.2, 0.25) is 0 Å². The topological polar surface area (TPSA) is 51.0 Å². The number of aryl methyl sites for hydroxylation is 1. The van der Waals surface area contributed by atoms with E-state index < -0.39 is 0 Å². The smallest absolute Gasteiger partial charge is 0.226 e. The molecule has 0 aliphatic rings. The van der Waals surface area contributed by atoms with Crippen molar-refractivity contribution in [1.82, 2.24) is 19.4 Å². The van der Waals surface area contributed by atoms with Crippen LogP contribution in [0.1, 0.15) is 11.4 Å². The third kappa shape index (κ3) is 2.57. The number of benzene rings is 1. The average molecular weight is 294 g/mol. The van der Waals surface area contributed by atoms with Gasteiger partial charge in [0.2, 0.25) is 5.91 Å². The lowest BCUT2D eigenvalue weighted by Gasteiger charge is -2.11. The van der Waals surface area contributed by atoms with Crippen LogP contribution in [0.15, 0.2) is 42.6 Å². The Labute approximate surface area is 129 Å². The Hall–Kier alpha value is -2.69. The van der Waals surface area contributed by atoms with Crippen molar-refractivity contribution in [3.63, 3.8) is 0 Å². The van der Waals surface area contributed by atoms with Gasteiger partial charge in [0.1, 0.15) is 11.3 Å². The third-order valence-corrected chi connectivity index (χ3v) is 3.63. The molecule has 0 spiro atoms. The number of carbonyl (C=O) groups is 1. The molecule has 22 heavy (non-hydrogen) atoms. The van der Waals surface area contributed by atoms with Crippen LogP contribution in [0.25, 0.3) is 16.9 Å². The first-order valence-corrected chi connectivity index (χ1v) is 7.16. The normalized spacial score (nSPS) is 10.9. The van der Waals surface area contributed by atoms with Gasteiger partial charge in [-0.15, -0.1) is 0 Å². The van der Waals surface area contributed by atoms with Crippen molar-refractivity contribution >= 4 is 17.1 Å². The molecule has 0 saturated carbocycles. The van der Waals surface area contributed by atoms with E-state index in [0.29, 0.717) is 6.42 Å². The minimum absolute atomic E-state index is 0.0960. The SMILES string of the molecule is Cc1nc2cccnc2n1-c1ccc(CC(=O)N(C)C)cc1. The van der Waals surface area contributed by atoms with Crippen LogP contribution in [-0.4, -0.2) is 39.4 Å². The van der Waals surface area contributed by atoms with Gasteiger partial charge in [-0.2, -0.15) is 0 Å². The van der Waals surface area contributed by atoms with E-state index in [1.54, 1.807) is 25.2 Å². The zero-order valence-corrected chi connectivity index (χ0v) is 12.9. The van der Waals surface area contributed by atoms with Gasteiger partial charge in [-0.1, -0.05) is 12.1 Å². The predicted molar refractivity (Wildman–Crippen MR) is 86.0 cm³/mol. The molecule has 0 saturated heterocycles. The van der Waals surface area contributed by atoms with E-state index in [-0.39, 0.29) is 5.91 Å². The van der Waals surface area contributed by atoms with E-state index in [1.165, 1.54) is 0 Å². The molecule has 1 aromatic carbocycles. The first-order chi connectivity index (χ1) is 10.6. The highest BCUT2D eigenvalue weighted by atomic mass is 16.2. The average Bonchev–Trinajstić information content (AvgIpc) is 2.84. The Morgan fingerprint density at radius 1 is 1.18 bits per heavy atom. The predicted octanol–water partition coefficient (Wildman–Crippen LogP) is 2.36. The van der Waals surface area contributed by atoms with E-state index in [2.05, 4.69) is 9.97 Å². The number of aromatic nitrogens is 3. The summed E-state index contributed by atoms with van der Waals surface area (Å²) in [6.45, 7) is 1.96. The summed E-state index contributed by atoms with van der Waals surface area (Å²) in [5.41, 5.74) is 3.72. The van der Waals surface area contributed by atoms with E-state index in [4.69, 9.17) is 0 Å². The van der Waals surface area contributed by atoms with Gasteiger partial charge in [-0.25, -0.2) is 9.97 Å². The van der Waals surface area contributed by atoms with E-state index in [1.807, 2.05) is 47.9 Å². The molecular weight excluding hydrogens is 276 g/mol. The van der Waals surface area contributed by atoms with Gasteiger partial charge >= 0.3 is 0 Å². The maximum absolute atomic E-state index is 11.8. The van der Waals surface area contributed by atoms with Crippen molar-refractivity contribution in [2.75, 3.05) is 14.1 Å². The summed E-state index contributed by atoms with van der Waals surface area (Å²) >= 11 is 0. The van der Waals surface area contributed by atoms with Crippen LogP contribution < -0.4 is 0 Å². The second-order valence-electron chi connectivity index (χ2n) is 5.47. The van der Waals surface area contributed by atoms with Gasteiger partial charge in [0.05, 0.1) is 6.42 Å². The van der Waals surface area contributed by atoms with Crippen molar-refractivity contribution in [2.24, 2.45) is 0 Å². The molecule has 112 valence electrons. The molecule has 0 bridgehead atoms. The van der Waals surface area contributed by atoms with Crippen LogP contribution >= 0.6 is 0 Å². The Kier molecular flexibility index (Phi) is 3.63. The number of nitrogens with zero attached hydrogens (tertiary/aromatic N) is 4. The molecular formula is C17H18N4O. The summed E-state index contributed by atoms with van der Waals surface area (Å²) < 4.78 is 2.02. The highest BCUT2D eigenvalue weighted by Gasteiger charge is 2.10. The number of hydrogen-bond acceptors (Lipinski definition) is 3. The lowest BCUT2D eigenvalue weighted by Crippen LogP contribution is -2.23. The quantitative estimate of drug-likeness (QED) is 0.745. The van der Waals surface area contributed by atoms with Crippen LogP contribution in [0.4, 0.5) is 0 Å². The number of likely N-dealkylation sites (N-methyl/N-ethyl adjacent to an activating group) is 1. The molecule has 1 amide bonds. The number of carbonyl (C=O) groups excluding carboxylic acids is 1. The lowest BCUT2D eigenvalue weighted by molar-refractivity contribution is -0.127. The minimum atomic E-state index is 0.0960. The summed E-state index contributed by atoms with van der Waals surface area (Å²) in [7, 11) is 3.53. The fourth-order valence-corrected chi connectivity index (χ4v) is 2.43. The Morgan fingerprint density at radius 3 is 2.59 bits per heavy atom. The van der Waals surface area contributed by atoms with Crippen LogP contribution in [-0.2, 0) is 11.2 Å². The molecule has 5 heteroatoms. The molecule has 0 aliphatic heterocycles. The zero-order chi connectivity index (χ0) is 15.7. The van der Waals surface area contributed by atoms with Crippen molar-refractivity contribution in [3.05, 3.63) is 54.0 Å². The van der Waals surface area contributed by atoms with E-state index in [0.717, 1.165) is 28.2 Å². The van der Waals surface area contributed by atoms with Crippen LogP contribution in [0.3, 0.4) is 0 Å². The fourth-order valence-electron chi connectivity index (χ4n) is 2.43. The molecule has 0 N–H and O–H groups in total. The van der Waals surface area contributed by atoms with E-state index in [9.17, 15) is 4.79 Å². The number of fused-ring (bicyclic) bond motifs is 1. The number of pyridine rings is 1. The van der Waals surface area contributed by atoms with Gasteiger partial charge in [0, 0.05) is 26.0 Å². The Balaban J connectivity index is 1.95. The molecule has 2 aromatic heterocycles. The largest absolute Gasteiger partial charge is 0.349 e. The molecule has 3 rings (SSSR count). The third-order valence-electron chi connectivity index (χ3n) is 3.63. The molecule has 0 unspecified atom stereocenters. The highest BCUT2D eigenvalue weighted by molar-refractivity contribution is 5.78. The van der Waals surface area contributed by atoms with Crippen LogP contribution in [0.5, 0.6) is 0 Å². The molecule has 0 radical (unpaired) electrons. The monoisotopic (exact) mass is 294 g/mol. The standard InChI is InChI=1S/C17H18N4O/c1-12-19-15-5-4-10-18-17(15)21(12)14-8-6-13(7-9-14)11-16(22)20(2)3/h4-10H,11H2,1-3H3. The van der Waals surface area contributed by atoms with Crippen molar-refractivity contribution < 1.29 is 4.79 Å². The van der Waals surface area contributed by atoms with Crippen molar-refractivity contribution in [2.45, 2.75) is 13.3 Å². The van der Waals surface area contributed by atoms with Gasteiger partial charge in [0.25, 0.3) is 0 Å². The van der Waals surface area contributed by atoms with Gasteiger partial charge in [0.15, 0.2) is 5.65 Å². The molecule has 0 fully saturated rings. The summed E-state index contributed by atoms with van der Waals surface area (Å²) in [4.78, 5) is 22.3. The highest BCUT2D eigenvalue weighted by Crippen LogP contribution is 2.19. The van der Waals surface area contributed by atoms with Crippen molar-refractivity contribution in [3.8, 4) is 5.69 Å². The van der Waals surface area contributed by atoms with Gasteiger partial charge < -0.3 is 4.90 Å². The lowest BCUT2D eigenvalue weighted by atomic mass is 10.1. The van der Waals surface area contributed by atoms with Gasteiger partial charge in [-0.05, 0) is 36.8 Å². The maximum Gasteiger partial charge on any atom is 0.226 e. The Bertz CT molecular complexity index is 818. The first kappa shape index (κ1) is 14.3. The van der Waals surface area contributed by atoms with Crippen LogP contribution in [0, 0.1) is 6.92 Å². The number of hydrogen-bond donors (Lipinski definition) is 0. The molecule has 0 aliphatic carbocycles. The molecule has 2 heterocycles. The second kappa shape index (κ2) is 5.60. The molecule has 0 atom stereocenters. The fraction of sp³-hybridized carbons (Fsp3) is 0.235. The first-order valence-electron chi connectivity index (χ1n) is 7.16. The Morgan fingerprint density at radius 2 is 1.91 bits per heavy atom. The summed E-state index contributed by atoms with van der Waals surface area (Å²) in [6, 6.07) is 11.8. The number of rotatable bonds is 3. The minimum Gasteiger partial charge on any atom is -0.349 e. The van der Waals surface area contributed by atoms with Gasteiger partial charge in [-0.3, -0.25) is 9.36 Å². The zero-order valence-electron chi connectivity index (χ0n) is 12.9. The number of amides is 1. The van der Waals surface area contributed by atoms with Crippen molar-refractivity contribution in [1.29, 1.82) is 0 Å². The van der Waals surface area contributed by atoms with E-state index >= 15 is 0 Å².